The maximum atomic E-state index is 8.74. The summed E-state index contributed by atoms with van der Waals surface area (Å²) in [5.41, 5.74) is 7.37. The predicted molar refractivity (Wildman–Crippen MR) is 67.6 cm³/mol. The minimum atomic E-state index is 0.397. The average Bonchev–Trinajstić information content (AvgIpc) is 2.38. The van der Waals surface area contributed by atoms with Gasteiger partial charge in [-0.05, 0) is 38.3 Å². The Bertz CT molecular complexity index is 406. The van der Waals surface area contributed by atoms with Gasteiger partial charge in [0.25, 0.3) is 0 Å². The number of aromatic nitrogens is 1. The Morgan fingerprint density at radius 3 is 2.94 bits per heavy atom. The molecule has 1 saturated heterocycles. The standard InChI is InChI=1S/C13H18N4/c1-10-3-2-4-12(8-15)17(10)13-6-5-11(7-14)16-9-13/h5-6,9-10,12H,2-4,8,15H2,1H3. The smallest absolute Gasteiger partial charge is 0.140 e. The van der Waals surface area contributed by atoms with Gasteiger partial charge in [-0.2, -0.15) is 5.26 Å². The molecule has 0 bridgehead atoms. The number of rotatable bonds is 2. The fourth-order valence-corrected chi connectivity index (χ4v) is 2.59. The predicted octanol–water partition coefficient (Wildman–Crippen LogP) is 1.66. The molecule has 1 fully saturated rings. The van der Waals surface area contributed by atoms with Crippen LogP contribution in [0.15, 0.2) is 18.3 Å². The summed E-state index contributed by atoms with van der Waals surface area (Å²) in [5, 5.41) is 8.74. The van der Waals surface area contributed by atoms with Crippen molar-refractivity contribution in [2.45, 2.75) is 38.3 Å². The van der Waals surface area contributed by atoms with Gasteiger partial charge in [-0.25, -0.2) is 4.98 Å². The second-order valence-electron chi connectivity index (χ2n) is 4.59. The summed E-state index contributed by atoms with van der Waals surface area (Å²) >= 11 is 0. The van der Waals surface area contributed by atoms with Gasteiger partial charge in [0.15, 0.2) is 0 Å². The van der Waals surface area contributed by atoms with Crippen molar-refractivity contribution in [1.29, 1.82) is 5.26 Å². The van der Waals surface area contributed by atoms with Crippen molar-refractivity contribution in [3.8, 4) is 6.07 Å². The minimum absolute atomic E-state index is 0.397. The number of pyridine rings is 1. The summed E-state index contributed by atoms with van der Waals surface area (Å²) in [6.45, 7) is 2.89. The number of piperidine rings is 1. The molecule has 2 heterocycles. The molecule has 4 heteroatoms. The molecule has 1 aliphatic heterocycles. The molecule has 90 valence electrons. The van der Waals surface area contributed by atoms with Crippen LogP contribution in [0, 0.1) is 11.3 Å². The Kier molecular flexibility index (Phi) is 3.60. The van der Waals surface area contributed by atoms with Crippen LogP contribution in [0.3, 0.4) is 0 Å². The Morgan fingerprint density at radius 2 is 2.35 bits per heavy atom. The van der Waals surface area contributed by atoms with Gasteiger partial charge in [0.2, 0.25) is 0 Å². The molecule has 4 nitrogen and oxygen atoms in total. The lowest BCUT2D eigenvalue weighted by atomic mass is 9.96. The SMILES string of the molecule is CC1CCCC(CN)N1c1ccc(C#N)nc1. The Hall–Kier alpha value is -1.60. The van der Waals surface area contributed by atoms with Gasteiger partial charge in [-0.1, -0.05) is 0 Å². The topological polar surface area (TPSA) is 65.9 Å². The Morgan fingerprint density at radius 1 is 1.53 bits per heavy atom. The van der Waals surface area contributed by atoms with Crippen LogP contribution in [0.1, 0.15) is 31.9 Å². The zero-order valence-electron chi connectivity index (χ0n) is 10.1. The molecule has 0 amide bonds. The van der Waals surface area contributed by atoms with Crippen LogP contribution in [0.2, 0.25) is 0 Å². The van der Waals surface area contributed by atoms with Crippen LogP contribution in [-0.4, -0.2) is 23.6 Å². The van der Waals surface area contributed by atoms with E-state index in [2.05, 4.69) is 16.8 Å². The van der Waals surface area contributed by atoms with Crippen LogP contribution in [0.5, 0.6) is 0 Å². The van der Waals surface area contributed by atoms with E-state index in [0.29, 0.717) is 24.3 Å². The summed E-state index contributed by atoms with van der Waals surface area (Å²) in [4.78, 5) is 6.48. The third-order valence-corrected chi connectivity index (χ3v) is 3.46. The van der Waals surface area contributed by atoms with Gasteiger partial charge in [-0.3, -0.25) is 0 Å². The fourth-order valence-electron chi connectivity index (χ4n) is 2.59. The van der Waals surface area contributed by atoms with Crippen LogP contribution in [-0.2, 0) is 0 Å². The molecular weight excluding hydrogens is 212 g/mol. The maximum absolute atomic E-state index is 8.74. The Labute approximate surface area is 102 Å². The van der Waals surface area contributed by atoms with Crippen LogP contribution in [0.25, 0.3) is 0 Å². The van der Waals surface area contributed by atoms with Gasteiger partial charge in [0.05, 0.1) is 11.9 Å². The normalized spacial score (nSPS) is 24.4. The van der Waals surface area contributed by atoms with E-state index in [1.807, 2.05) is 12.1 Å². The lowest BCUT2D eigenvalue weighted by molar-refractivity contribution is 0.400. The molecule has 2 atom stereocenters. The molecule has 0 aromatic carbocycles. The van der Waals surface area contributed by atoms with E-state index >= 15 is 0 Å². The summed E-state index contributed by atoms with van der Waals surface area (Å²) in [5.74, 6) is 0. The van der Waals surface area contributed by atoms with Crippen molar-refractivity contribution < 1.29 is 0 Å². The lowest BCUT2D eigenvalue weighted by Gasteiger charge is -2.41. The summed E-state index contributed by atoms with van der Waals surface area (Å²) in [7, 11) is 0. The van der Waals surface area contributed by atoms with Crippen molar-refractivity contribution in [1.82, 2.24) is 4.98 Å². The van der Waals surface area contributed by atoms with E-state index in [1.165, 1.54) is 12.8 Å². The van der Waals surface area contributed by atoms with E-state index in [-0.39, 0.29) is 0 Å². The highest BCUT2D eigenvalue weighted by molar-refractivity contribution is 5.48. The highest BCUT2D eigenvalue weighted by Crippen LogP contribution is 2.28. The summed E-state index contributed by atoms with van der Waals surface area (Å²) in [6, 6.07) is 6.66. The van der Waals surface area contributed by atoms with E-state index in [1.54, 1.807) is 12.3 Å². The first-order chi connectivity index (χ1) is 8.26. The largest absolute Gasteiger partial charge is 0.363 e. The van der Waals surface area contributed by atoms with Crippen LogP contribution >= 0.6 is 0 Å². The molecule has 0 spiro atoms. The number of nitriles is 1. The molecule has 0 radical (unpaired) electrons. The van der Waals surface area contributed by atoms with Crippen LogP contribution < -0.4 is 10.6 Å². The van der Waals surface area contributed by atoms with Gasteiger partial charge < -0.3 is 10.6 Å². The summed E-state index contributed by atoms with van der Waals surface area (Å²) in [6.07, 6.45) is 5.35. The van der Waals surface area contributed by atoms with E-state index in [0.717, 1.165) is 12.1 Å². The first-order valence-corrected chi connectivity index (χ1v) is 6.11. The molecule has 2 rings (SSSR count). The Balaban J connectivity index is 2.25. The molecule has 1 aromatic rings. The highest BCUT2D eigenvalue weighted by Gasteiger charge is 2.27. The third kappa shape index (κ3) is 2.40. The maximum Gasteiger partial charge on any atom is 0.140 e. The zero-order valence-corrected chi connectivity index (χ0v) is 10.1. The van der Waals surface area contributed by atoms with Crippen molar-refractivity contribution in [3.05, 3.63) is 24.0 Å². The van der Waals surface area contributed by atoms with Crippen molar-refractivity contribution in [3.63, 3.8) is 0 Å². The van der Waals surface area contributed by atoms with Crippen LogP contribution in [0.4, 0.5) is 5.69 Å². The zero-order chi connectivity index (χ0) is 12.3. The second-order valence-corrected chi connectivity index (χ2v) is 4.59. The summed E-state index contributed by atoms with van der Waals surface area (Å²) < 4.78 is 0. The second kappa shape index (κ2) is 5.15. The number of hydrogen-bond acceptors (Lipinski definition) is 4. The minimum Gasteiger partial charge on any atom is -0.363 e. The molecule has 0 saturated carbocycles. The number of hydrogen-bond donors (Lipinski definition) is 1. The molecular formula is C13H18N4. The molecule has 17 heavy (non-hydrogen) atoms. The van der Waals surface area contributed by atoms with E-state index in [9.17, 15) is 0 Å². The van der Waals surface area contributed by atoms with Gasteiger partial charge in [-0.15, -0.1) is 0 Å². The van der Waals surface area contributed by atoms with Crippen molar-refractivity contribution >= 4 is 5.69 Å². The van der Waals surface area contributed by atoms with Gasteiger partial charge in [0, 0.05) is 18.6 Å². The lowest BCUT2D eigenvalue weighted by Crippen LogP contribution is -2.49. The number of nitrogens with two attached hydrogens (primary N) is 1. The van der Waals surface area contributed by atoms with Crippen molar-refractivity contribution in [2.24, 2.45) is 5.73 Å². The van der Waals surface area contributed by atoms with E-state index in [4.69, 9.17) is 11.0 Å². The van der Waals surface area contributed by atoms with Crippen molar-refractivity contribution in [2.75, 3.05) is 11.4 Å². The quantitative estimate of drug-likeness (QED) is 0.839. The highest BCUT2D eigenvalue weighted by atomic mass is 15.2. The molecule has 1 aromatic heterocycles. The first kappa shape index (κ1) is 11.9. The number of nitrogens with zero attached hydrogens (tertiary/aromatic N) is 3. The third-order valence-electron chi connectivity index (χ3n) is 3.46. The van der Waals surface area contributed by atoms with Gasteiger partial charge in [0.1, 0.15) is 11.8 Å². The average molecular weight is 230 g/mol. The number of anilines is 1. The monoisotopic (exact) mass is 230 g/mol. The first-order valence-electron chi connectivity index (χ1n) is 6.11. The molecule has 0 aliphatic carbocycles. The van der Waals surface area contributed by atoms with Gasteiger partial charge >= 0.3 is 0 Å². The molecule has 2 unspecified atom stereocenters. The molecule has 1 aliphatic rings. The van der Waals surface area contributed by atoms with E-state index < -0.39 is 0 Å². The fraction of sp³-hybridized carbons (Fsp3) is 0.538. The molecule has 2 N–H and O–H groups in total.